The molecule has 0 aliphatic heterocycles. The molecule has 1 saturated carbocycles. The summed E-state index contributed by atoms with van der Waals surface area (Å²) >= 11 is 0. The maximum atomic E-state index is 13.4. The zero-order valence-corrected chi connectivity index (χ0v) is 15.5. The number of carbonyl (C=O) groups is 2. The van der Waals surface area contributed by atoms with Gasteiger partial charge in [0.05, 0.1) is 17.2 Å². The lowest BCUT2D eigenvalue weighted by molar-refractivity contribution is -0.137. The van der Waals surface area contributed by atoms with E-state index in [1.807, 2.05) is 0 Å². The van der Waals surface area contributed by atoms with Crippen LogP contribution in [0.15, 0.2) is 35.1 Å². The summed E-state index contributed by atoms with van der Waals surface area (Å²) < 4.78 is 41.0. The maximum Gasteiger partial charge on any atom is 0.418 e. The van der Waals surface area contributed by atoms with Gasteiger partial charge in [0.15, 0.2) is 5.69 Å². The monoisotopic (exact) mass is 408 g/mol. The average Bonchev–Trinajstić information content (AvgIpc) is 3.09. The van der Waals surface area contributed by atoms with E-state index in [2.05, 4.69) is 10.4 Å². The van der Waals surface area contributed by atoms with Crippen LogP contribution in [0.3, 0.4) is 0 Å². The molecule has 1 aliphatic rings. The Morgan fingerprint density at radius 1 is 1.24 bits per heavy atom. The Morgan fingerprint density at radius 2 is 1.93 bits per heavy atom. The minimum atomic E-state index is -4.64. The molecule has 2 atom stereocenters. The van der Waals surface area contributed by atoms with E-state index in [4.69, 9.17) is 5.73 Å². The number of aromatic nitrogens is 2. The van der Waals surface area contributed by atoms with Crippen LogP contribution in [0.4, 0.5) is 13.2 Å². The van der Waals surface area contributed by atoms with Gasteiger partial charge in [-0.05, 0) is 31.9 Å². The molecular weight excluding hydrogens is 389 g/mol. The topological polar surface area (TPSA) is 107 Å². The number of primary amides is 1. The number of hydrogen-bond acceptors (Lipinski definition) is 4. The summed E-state index contributed by atoms with van der Waals surface area (Å²) in [7, 11) is 0. The average molecular weight is 408 g/mol. The first-order chi connectivity index (χ1) is 13.6. The van der Waals surface area contributed by atoms with Gasteiger partial charge in [0, 0.05) is 17.8 Å². The van der Waals surface area contributed by atoms with E-state index in [0.717, 1.165) is 16.8 Å². The highest BCUT2D eigenvalue weighted by molar-refractivity contribution is 5.92. The van der Waals surface area contributed by atoms with Gasteiger partial charge in [0.2, 0.25) is 11.3 Å². The summed E-state index contributed by atoms with van der Waals surface area (Å²) in [5.41, 5.74) is 2.94. The Bertz CT molecular complexity index is 1020. The Balaban J connectivity index is 2.00. The Labute approximate surface area is 163 Å². The largest absolute Gasteiger partial charge is 0.418 e. The number of halogens is 3. The number of hydrogen-bond donors (Lipinski definition) is 2. The minimum Gasteiger partial charge on any atom is -0.369 e. The normalized spacial score (nSPS) is 19.2. The van der Waals surface area contributed by atoms with Crippen molar-refractivity contribution in [2.45, 2.75) is 38.4 Å². The fraction of sp³-hybridized carbons (Fsp3) is 0.368. The number of amides is 2. The third-order valence-corrected chi connectivity index (χ3v) is 4.96. The molecular formula is C19H19F3N4O3. The van der Waals surface area contributed by atoms with Crippen molar-refractivity contribution in [1.82, 2.24) is 15.1 Å². The predicted molar refractivity (Wildman–Crippen MR) is 97.4 cm³/mol. The van der Waals surface area contributed by atoms with Crippen molar-refractivity contribution < 1.29 is 22.8 Å². The van der Waals surface area contributed by atoms with Gasteiger partial charge in [-0.15, -0.1) is 0 Å². The maximum absolute atomic E-state index is 13.4. The molecule has 0 radical (unpaired) electrons. The van der Waals surface area contributed by atoms with Gasteiger partial charge in [0.25, 0.3) is 5.91 Å². The number of para-hydroxylation sites is 1. The lowest BCUT2D eigenvalue weighted by atomic mass is 10.0. The first-order valence-corrected chi connectivity index (χ1v) is 8.97. The Kier molecular flexibility index (Phi) is 5.45. The molecule has 2 amide bonds. The highest BCUT2D eigenvalue weighted by Crippen LogP contribution is 2.33. The summed E-state index contributed by atoms with van der Waals surface area (Å²) in [4.78, 5) is 36.4. The van der Waals surface area contributed by atoms with Crippen LogP contribution in [0, 0.1) is 12.8 Å². The van der Waals surface area contributed by atoms with Crippen molar-refractivity contribution in [2.24, 2.45) is 11.7 Å². The van der Waals surface area contributed by atoms with Crippen molar-refractivity contribution in [1.29, 1.82) is 0 Å². The number of aryl methyl sites for hydroxylation is 1. The summed E-state index contributed by atoms with van der Waals surface area (Å²) in [6.45, 7) is 1.42. The zero-order valence-electron chi connectivity index (χ0n) is 15.5. The van der Waals surface area contributed by atoms with Crippen molar-refractivity contribution in [3.63, 3.8) is 0 Å². The minimum absolute atomic E-state index is 0.138. The number of alkyl halides is 3. The third kappa shape index (κ3) is 4.15. The molecule has 1 fully saturated rings. The van der Waals surface area contributed by atoms with Crippen LogP contribution in [0.25, 0.3) is 5.69 Å². The quantitative estimate of drug-likeness (QED) is 0.806. The second-order valence-electron chi connectivity index (χ2n) is 6.95. The van der Waals surface area contributed by atoms with E-state index in [-0.39, 0.29) is 11.4 Å². The molecule has 7 nitrogen and oxygen atoms in total. The number of benzene rings is 1. The summed E-state index contributed by atoms with van der Waals surface area (Å²) in [6, 6.07) is 5.24. The molecule has 1 aromatic carbocycles. The molecule has 0 saturated heterocycles. The van der Waals surface area contributed by atoms with Crippen molar-refractivity contribution >= 4 is 11.8 Å². The van der Waals surface area contributed by atoms with Crippen molar-refractivity contribution in [3.05, 3.63) is 57.5 Å². The predicted octanol–water partition coefficient (Wildman–Crippen LogP) is 1.94. The lowest BCUT2D eigenvalue weighted by Crippen LogP contribution is -2.44. The van der Waals surface area contributed by atoms with Crippen LogP contribution in [-0.4, -0.2) is 27.6 Å². The van der Waals surface area contributed by atoms with E-state index in [9.17, 15) is 27.6 Å². The smallest absolute Gasteiger partial charge is 0.369 e. The summed E-state index contributed by atoms with van der Waals surface area (Å²) in [6.07, 6.45) is -2.93. The van der Waals surface area contributed by atoms with E-state index < -0.39 is 46.6 Å². The molecule has 0 bridgehead atoms. The number of nitrogens with one attached hydrogen (secondary N) is 1. The summed E-state index contributed by atoms with van der Waals surface area (Å²) in [5, 5.41) is 6.48. The molecule has 3 N–H and O–H groups in total. The van der Waals surface area contributed by atoms with Gasteiger partial charge in [-0.25, -0.2) is 4.68 Å². The molecule has 1 aromatic heterocycles. The van der Waals surface area contributed by atoms with Gasteiger partial charge in [0.1, 0.15) is 0 Å². The van der Waals surface area contributed by atoms with Crippen molar-refractivity contribution in [2.75, 3.05) is 0 Å². The molecule has 0 spiro atoms. The molecule has 0 unspecified atom stereocenters. The number of rotatable bonds is 4. The van der Waals surface area contributed by atoms with Crippen LogP contribution >= 0.6 is 0 Å². The van der Waals surface area contributed by atoms with E-state index in [0.29, 0.717) is 19.3 Å². The van der Waals surface area contributed by atoms with E-state index in [1.165, 1.54) is 25.1 Å². The molecule has 154 valence electrons. The molecule has 29 heavy (non-hydrogen) atoms. The fourth-order valence-corrected chi connectivity index (χ4v) is 3.56. The van der Waals surface area contributed by atoms with Crippen LogP contribution in [0.1, 0.15) is 41.0 Å². The second kappa shape index (κ2) is 7.69. The van der Waals surface area contributed by atoms with Gasteiger partial charge in [-0.3, -0.25) is 14.4 Å². The molecule has 1 aliphatic carbocycles. The molecule has 2 aromatic rings. The molecule has 10 heteroatoms. The first-order valence-electron chi connectivity index (χ1n) is 8.97. The first kappa shape index (κ1) is 20.6. The molecule has 3 rings (SSSR count). The van der Waals surface area contributed by atoms with Gasteiger partial charge in [-0.1, -0.05) is 18.6 Å². The lowest BCUT2D eigenvalue weighted by Gasteiger charge is -2.19. The van der Waals surface area contributed by atoms with Crippen LogP contribution in [0.2, 0.25) is 0 Å². The van der Waals surface area contributed by atoms with Crippen LogP contribution in [0.5, 0.6) is 0 Å². The number of nitrogens with zero attached hydrogens (tertiary/aromatic N) is 2. The Morgan fingerprint density at radius 3 is 2.59 bits per heavy atom. The van der Waals surface area contributed by atoms with Crippen molar-refractivity contribution in [3.8, 4) is 5.69 Å². The number of carbonyl (C=O) groups excluding carboxylic acids is 2. The SMILES string of the molecule is Cc1cc(=O)c(C(=O)N[C@H]2CCC[C@H]2C(N)=O)nn1-c1ccccc1C(F)(F)F. The number of nitrogens with two attached hydrogens (primary N) is 1. The van der Waals surface area contributed by atoms with E-state index in [1.54, 1.807) is 0 Å². The molecule has 1 heterocycles. The second-order valence-corrected chi connectivity index (χ2v) is 6.95. The van der Waals surface area contributed by atoms with E-state index >= 15 is 0 Å². The van der Waals surface area contributed by atoms with Crippen LogP contribution < -0.4 is 16.5 Å². The standard InChI is InChI=1S/C19H19F3N4O3/c1-10-9-15(27)16(18(29)24-13-7-4-5-11(13)17(23)28)25-26(10)14-8-3-2-6-12(14)19(20,21)22/h2-3,6,8-9,11,13H,4-5,7H2,1H3,(H2,23,28)(H,24,29)/t11-,13+/m1/s1. The van der Waals surface area contributed by atoms with Gasteiger partial charge < -0.3 is 11.1 Å². The van der Waals surface area contributed by atoms with Gasteiger partial charge in [-0.2, -0.15) is 18.3 Å². The summed E-state index contributed by atoms with van der Waals surface area (Å²) in [5.74, 6) is -1.97. The third-order valence-electron chi connectivity index (χ3n) is 4.96. The zero-order chi connectivity index (χ0) is 21.3. The fourth-order valence-electron chi connectivity index (χ4n) is 3.56. The highest BCUT2D eigenvalue weighted by Gasteiger charge is 2.35. The van der Waals surface area contributed by atoms with Gasteiger partial charge >= 0.3 is 6.18 Å². The van der Waals surface area contributed by atoms with Crippen LogP contribution in [-0.2, 0) is 11.0 Å². The Hall–Kier alpha value is -3.17. The highest BCUT2D eigenvalue weighted by atomic mass is 19.4.